The number of benzene rings is 1. The number of aromatic nitrogens is 2. The van der Waals surface area contributed by atoms with Gasteiger partial charge in [0.15, 0.2) is 6.61 Å². The minimum absolute atomic E-state index is 0.131. The minimum atomic E-state index is -0.344. The van der Waals surface area contributed by atoms with Gasteiger partial charge < -0.3 is 14.9 Å². The third-order valence-corrected chi connectivity index (χ3v) is 2.38. The second-order valence-corrected chi connectivity index (χ2v) is 3.97. The highest BCUT2D eigenvalue weighted by Crippen LogP contribution is 2.25. The fraction of sp³-hybridized carbons (Fsp3) is 0.333. The molecule has 1 heterocycles. The van der Waals surface area contributed by atoms with E-state index >= 15 is 0 Å². The second kappa shape index (κ2) is 5.14. The summed E-state index contributed by atoms with van der Waals surface area (Å²) in [5, 5.41) is 7.50. The van der Waals surface area contributed by atoms with Gasteiger partial charge in [0.05, 0.1) is 0 Å². The van der Waals surface area contributed by atoms with Gasteiger partial charge in [0.25, 0.3) is 5.89 Å². The molecule has 0 radical (unpaired) electrons. The summed E-state index contributed by atoms with van der Waals surface area (Å²) in [6, 6.07) is 3.90. The van der Waals surface area contributed by atoms with Gasteiger partial charge in [-0.25, -0.2) is 4.39 Å². The van der Waals surface area contributed by atoms with Crippen LogP contribution < -0.4 is 10.5 Å². The van der Waals surface area contributed by atoms with Gasteiger partial charge in [-0.1, -0.05) is 0 Å². The molecule has 0 bridgehead atoms. The van der Waals surface area contributed by atoms with Crippen molar-refractivity contribution in [1.29, 1.82) is 0 Å². The lowest BCUT2D eigenvalue weighted by Gasteiger charge is -2.12. The van der Waals surface area contributed by atoms with Crippen LogP contribution in [0.5, 0.6) is 5.75 Å². The molecular formula is C12H14FN3O2. The minimum Gasteiger partial charge on any atom is -0.483 e. The van der Waals surface area contributed by atoms with Crippen LogP contribution in [0.1, 0.15) is 30.3 Å². The second-order valence-electron chi connectivity index (χ2n) is 3.97. The summed E-state index contributed by atoms with van der Waals surface area (Å²) in [5.41, 5.74) is 6.36. The number of ether oxygens (including phenoxy) is 1. The third kappa shape index (κ3) is 2.84. The van der Waals surface area contributed by atoms with Crippen molar-refractivity contribution in [3.05, 3.63) is 41.4 Å². The van der Waals surface area contributed by atoms with Gasteiger partial charge in [-0.05, 0) is 25.1 Å². The van der Waals surface area contributed by atoms with Crippen LogP contribution in [0, 0.1) is 12.7 Å². The third-order valence-electron chi connectivity index (χ3n) is 2.38. The lowest BCUT2D eigenvalue weighted by molar-refractivity contribution is 0.257. The quantitative estimate of drug-likeness (QED) is 0.900. The predicted octanol–water partition coefficient (Wildman–Crippen LogP) is 2.12. The van der Waals surface area contributed by atoms with Gasteiger partial charge in [0, 0.05) is 18.5 Å². The van der Waals surface area contributed by atoms with Crippen LogP contribution in [0.25, 0.3) is 0 Å². The van der Waals surface area contributed by atoms with Gasteiger partial charge in [-0.2, -0.15) is 0 Å². The number of halogens is 1. The van der Waals surface area contributed by atoms with E-state index < -0.39 is 0 Å². The van der Waals surface area contributed by atoms with Crippen molar-refractivity contribution in [2.75, 3.05) is 0 Å². The van der Waals surface area contributed by atoms with Crippen molar-refractivity contribution in [3.63, 3.8) is 0 Å². The van der Waals surface area contributed by atoms with E-state index in [0.717, 1.165) is 0 Å². The Kier molecular flexibility index (Phi) is 3.57. The fourth-order valence-corrected chi connectivity index (χ4v) is 1.54. The number of aryl methyl sites for hydroxylation is 1. The average Bonchev–Trinajstić information content (AvgIpc) is 2.73. The van der Waals surface area contributed by atoms with Gasteiger partial charge in [-0.3, -0.25) is 0 Å². The van der Waals surface area contributed by atoms with Gasteiger partial charge in [0.1, 0.15) is 11.6 Å². The molecule has 2 aromatic rings. The maximum Gasteiger partial charge on any atom is 0.253 e. The zero-order chi connectivity index (χ0) is 13.1. The molecule has 5 nitrogen and oxygen atoms in total. The molecule has 2 rings (SSSR count). The van der Waals surface area contributed by atoms with Crippen molar-refractivity contribution in [2.45, 2.75) is 26.5 Å². The predicted molar refractivity (Wildman–Crippen MR) is 62.4 cm³/mol. The van der Waals surface area contributed by atoms with Crippen molar-refractivity contribution < 1.29 is 13.5 Å². The zero-order valence-electron chi connectivity index (χ0n) is 10.2. The van der Waals surface area contributed by atoms with Gasteiger partial charge >= 0.3 is 0 Å². The SMILES string of the molecule is Cc1nnc(COc2ccc(F)cc2[C@H](C)N)o1. The normalized spacial score (nSPS) is 12.4. The molecule has 0 spiro atoms. The van der Waals surface area contributed by atoms with E-state index in [-0.39, 0.29) is 18.5 Å². The lowest BCUT2D eigenvalue weighted by atomic mass is 10.1. The number of rotatable bonds is 4. The van der Waals surface area contributed by atoms with E-state index in [2.05, 4.69) is 10.2 Å². The molecule has 1 aromatic carbocycles. The average molecular weight is 251 g/mol. The first-order chi connectivity index (χ1) is 8.56. The molecule has 0 aliphatic carbocycles. The van der Waals surface area contributed by atoms with E-state index in [1.54, 1.807) is 13.8 Å². The summed E-state index contributed by atoms with van der Waals surface area (Å²) in [5.74, 6) is 1.01. The Labute approximate surface area is 104 Å². The largest absolute Gasteiger partial charge is 0.483 e. The summed E-state index contributed by atoms with van der Waals surface area (Å²) >= 11 is 0. The summed E-state index contributed by atoms with van der Waals surface area (Å²) in [7, 11) is 0. The van der Waals surface area contributed by atoms with Crippen LogP contribution in [0.4, 0.5) is 4.39 Å². The molecule has 0 aliphatic rings. The smallest absolute Gasteiger partial charge is 0.253 e. The highest BCUT2D eigenvalue weighted by molar-refractivity contribution is 5.36. The van der Waals surface area contributed by atoms with Crippen molar-refractivity contribution in [2.24, 2.45) is 5.73 Å². The van der Waals surface area contributed by atoms with Crippen LogP contribution in [0.15, 0.2) is 22.6 Å². The van der Waals surface area contributed by atoms with E-state index in [9.17, 15) is 4.39 Å². The molecule has 1 aromatic heterocycles. The van der Waals surface area contributed by atoms with Crippen LogP contribution >= 0.6 is 0 Å². The van der Waals surface area contributed by atoms with Crippen LogP contribution in [0.2, 0.25) is 0 Å². The molecule has 1 atom stereocenters. The Morgan fingerprint density at radius 2 is 2.22 bits per heavy atom. The van der Waals surface area contributed by atoms with E-state index in [1.165, 1.54) is 18.2 Å². The Bertz CT molecular complexity index is 540. The molecule has 18 heavy (non-hydrogen) atoms. The molecule has 6 heteroatoms. The first kappa shape index (κ1) is 12.5. The summed E-state index contributed by atoms with van der Waals surface area (Å²) in [4.78, 5) is 0. The maximum absolute atomic E-state index is 13.1. The molecule has 0 saturated carbocycles. The fourth-order valence-electron chi connectivity index (χ4n) is 1.54. The Balaban J connectivity index is 2.13. The molecule has 0 aliphatic heterocycles. The van der Waals surface area contributed by atoms with Crippen LogP contribution in [-0.4, -0.2) is 10.2 Å². The molecular weight excluding hydrogens is 237 g/mol. The Morgan fingerprint density at radius 3 is 2.83 bits per heavy atom. The van der Waals surface area contributed by atoms with Gasteiger partial charge in [-0.15, -0.1) is 10.2 Å². The van der Waals surface area contributed by atoms with Crippen LogP contribution in [-0.2, 0) is 6.61 Å². The number of nitrogens with two attached hydrogens (primary N) is 1. The first-order valence-corrected chi connectivity index (χ1v) is 5.53. The highest BCUT2D eigenvalue weighted by atomic mass is 19.1. The maximum atomic E-state index is 13.1. The van der Waals surface area contributed by atoms with Crippen molar-refractivity contribution in [3.8, 4) is 5.75 Å². The molecule has 96 valence electrons. The monoisotopic (exact) mass is 251 g/mol. The van der Waals surface area contributed by atoms with Gasteiger partial charge in [0.2, 0.25) is 5.89 Å². The first-order valence-electron chi connectivity index (χ1n) is 5.53. The number of hydrogen-bond donors (Lipinski definition) is 1. The topological polar surface area (TPSA) is 74.2 Å². The molecule has 0 saturated heterocycles. The van der Waals surface area contributed by atoms with E-state index in [0.29, 0.717) is 23.1 Å². The summed E-state index contributed by atoms with van der Waals surface area (Å²) < 4.78 is 23.8. The van der Waals surface area contributed by atoms with E-state index in [4.69, 9.17) is 14.9 Å². The highest BCUT2D eigenvalue weighted by Gasteiger charge is 2.11. The molecule has 0 unspecified atom stereocenters. The number of nitrogens with zero attached hydrogens (tertiary/aromatic N) is 2. The lowest BCUT2D eigenvalue weighted by Crippen LogP contribution is -2.08. The number of hydrogen-bond acceptors (Lipinski definition) is 5. The standard InChI is InChI=1S/C12H14FN3O2/c1-7(14)10-5-9(13)3-4-11(10)17-6-12-16-15-8(2)18-12/h3-5,7H,6,14H2,1-2H3/t7-/m0/s1. The van der Waals surface area contributed by atoms with Crippen molar-refractivity contribution in [1.82, 2.24) is 10.2 Å². The van der Waals surface area contributed by atoms with Crippen molar-refractivity contribution >= 4 is 0 Å². The molecule has 0 amide bonds. The zero-order valence-corrected chi connectivity index (χ0v) is 10.2. The summed E-state index contributed by atoms with van der Waals surface area (Å²) in [6.07, 6.45) is 0. The molecule has 2 N–H and O–H groups in total. The van der Waals surface area contributed by atoms with E-state index in [1.807, 2.05) is 0 Å². The molecule has 0 fully saturated rings. The Morgan fingerprint density at radius 1 is 1.44 bits per heavy atom. The van der Waals surface area contributed by atoms with Crippen LogP contribution in [0.3, 0.4) is 0 Å². The Hall–Kier alpha value is -1.95. The summed E-state index contributed by atoms with van der Waals surface area (Å²) in [6.45, 7) is 3.59.